The van der Waals surface area contributed by atoms with Crippen LogP contribution in [0.5, 0.6) is 0 Å². The number of ketones is 1. The molecule has 0 aromatic rings. The molecule has 1 unspecified atom stereocenters. The fraction of sp³-hybridized carbons (Fsp3) is 0.733. The van der Waals surface area contributed by atoms with Crippen LogP contribution in [-0.4, -0.2) is 47.5 Å². The summed E-state index contributed by atoms with van der Waals surface area (Å²) in [6, 6.07) is -1.37. The first-order chi connectivity index (χ1) is 10.5. The molecule has 7 nitrogen and oxygen atoms in total. The monoisotopic (exact) mass is 307 g/mol. The van der Waals surface area contributed by atoms with Gasteiger partial charge in [-0.1, -0.05) is 12.8 Å². The van der Waals surface area contributed by atoms with Crippen LogP contribution in [0.3, 0.4) is 0 Å². The lowest BCUT2D eigenvalue weighted by molar-refractivity contribution is -0.140. The molecule has 3 fully saturated rings. The molecule has 0 radical (unpaired) electrons. The van der Waals surface area contributed by atoms with Crippen molar-refractivity contribution >= 4 is 24.0 Å². The third kappa shape index (κ3) is 2.71. The summed E-state index contributed by atoms with van der Waals surface area (Å²) >= 11 is 0. The predicted octanol–water partition coefficient (Wildman–Crippen LogP) is -0.807. The van der Waals surface area contributed by atoms with E-state index in [9.17, 15) is 19.2 Å². The average Bonchev–Trinajstić information content (AvgIpc) is 3.23. The van der Waals surface area contributed by atoms with Crippen LogP contribution in [0.4, 0.5) is 0 Å². The maximum atomic E-state index is 12.5. The highest BCUT2D eigenvalue weighted by Gasteiger charge is 2.50. The van der Waals surface area contributed by atoms with Gasteiger partial charge in [0.25, 0.3) is 5.91 Å². The molecule has 1 saturated heterocycles. The Morgan fingerprint density at radius 1 is 1.23 bits per heavy atom. The van der Waals surface area contributed by atoms with Gasteiger partial charge in [0.15, 0.2) is 0 Å². The molecular weight excluding hydrogens is 286 g/mol. The maximum absolute atomic E-state index is 12.5. The smallest absolute Gasteiger partial charge is 0.287 e. The third-order valence-electron chi connectivity index (χ3n) is 5.23. The normalized spacial score (nSPS) is 30.9. The predicted molar refractivity (Wildman–Crippen MR) is 76.2 cm³/mol. The minimum atomic E-state index is -1.02. The number of carbonyl (C=O) groups is 4. The maximum Gasteiger partial charge on any atom is 0.287 e. The molecule has 3 N–H and O–H groups in total. The van der Waals surface area contributed by atoms with Crippen molar-refractivity contribution in [2.45, 2.75) is 44.2 Å². The van der Waals surface area contributed by atoms with Crippen LogP contribution in [0.25, 0.3) is 0 Å². The fourth-order valence-corrected chi connectivity index (χ4v) is 3.67. The van der Waals surface area contributed by atoms with E-state index in [0.29, 0.717) is 31.2 Å². The Morgan fingerprint density at radius 3 is 2.45 bits per heavy atom. The highest BCUT2D eigenvalue weighted by Crippen LogP contribution is 2.44. The highest BCUT2D eigenvalue weighted by atomic mass is 16.2. The number of hydrogen-bond donors (Lipinski definition) is 2. The minimum absolute atomic E-state index is 0.176. The summed E-state index contributed by atoms with van der Waals surface area (Å²) in [6.45, 7) is 0.601. The molecule has 0 aromatic heterocycles. The summed E-state index contributed by atoms with van der Waals surface area (Å²) in [7, 11) is 0. The molecule has 0 spiro atoms. The van der Waals surface area contributed by atoms with Crippen LogP contribution in [-0.2, 0) is 19.2 Å². The van der Waals surface area contributed by atoms with Gasteiger partial charge in [0.05, 0.1) is 6.04 Å². The summed E-state index contributed by atoms with van der Waals surface area (Å²) in [5.41, 5.74) is 5.07. The Kier molecular flexibility index (Phi) is 3.88. The van der Waals surface area contributed by atoms with E-state index in [2.05, 4.69) is 5.32 Å². The van der Waals surface area contributed by atoms with Crippen molar-refractivity contribution in [3.05, 3.63) is 0 Å². The van der Waals surface area contributed by atoms with Crippen LogP contribution >= 0.6 is 0 Å². The Labute approximate surface area is 128 Å². The van der Waals surface area contributed by atoms with Crippen molar-refractivity contribution in [2.24, 2.45) is 23.5 Å². The van der Waals surface area contributed by atoms with Gasteiger partial charge in [-0.3, -0.25) is 19.2 Å². The molecule has 2 aliphatic carbocycles. The topological polar surface area (TPSA) is 110 Å². The van der Waals surface area contributed by atoms with Gasteiger partial charge in [0, 0.05) is 6.54 Å². The van der Waals surface area contributed by atoms with Gasteiger partial charge < -0.3 is 16.0 Å². The molecule has 1 aliphatic heterocycles. The summed E-state index contributed by atoms with van der Waals surface area (Å²) < 4.78 is 0. The first kappa shape index (κ1) is 15.0. The van der Waals surface area contributed by atoms with E-state index < -0.39 is 23.8 Å². The van der Waals surface area contributed by atoms with Gasteiger partial charge >= 0.3 is 0 Å². The molecule has 22 heavy (non-hydrogen) atoms. The first-order valence-electron chi connectivity index (χ1n) is 7.86. The van der Waals surface area contributed by atoms with Crippen LogP contribution in [0.2, 0.25) is 0 Å². The number of fused-ring (bicyclic) bond motifs is 1. The van der Waals surface area contributed by atoms with Crippen LogP contribution < -0.4 is 11.1 Å². The number of likely N-dealkylation sites (tertiary alicyclic amines) is 1. The standard InChI is InChI=1S/C15H21N3O4/c16-14(21)13(20)11(5-8-1-2-8)17-15(22)12-10-4-3-9(10)6-18(12)7-19/h7-12H,1-6H2,(H2,16,21)(H,17,22)/t9-,10-,11?,12-/m0/s1. The molecule has 3 rings (SSSR count). The van der Waals surface area contributed by atoms with Crippen molar-refractivity contribution < 1.29 is 19.2 Å². The number of nitrogens with one attached hydrogen (secondary N) is 1. The van der Waals surface area contributed by atoms with E-state index in [1.165, 1.54) is 4.90 Å². The minimum Gasteiger partial charge on any atom is -0.363 e. The summed E-state index contributed by atoms with van der Waals surface area (Å²) in [5.74, 6) is -1.17. The van der Waals surface area contributed by atoms with Gasteiger partial charge in [-0.25, -0.2) is 0 Å². The zero-order chi connectivity index (χ0) is 15.9. The molecule has 3 amide bonds. The van der Waals surface area contributed by atoms with E-state index >= 15 is 0 Å². The Hall–Kier alpha value is -1.92. The lowest BCUT2D eigenvalue weighted by Gasteiger charge is -2.33. The third-order valence-corrected chi connectivity index (χ3v) is 5.23. The van der Waals surface area contributed by atoms with Gasteiger partial charge in [-0.15, -0.1) is 0 Å². The Balaban J connectivity index is 1.68. The van der Waals surface area contributed by atoms with Gasteiger partial charge in [-0.05, 0) is 37.0 Å². The molecule has 3 aliphatic rings. The Bertz CT molecular complexity index is 517. The van der Waals surface area contributed by atoms with Crippen molar-refractivity contribution in [3.8, 4) is 0 Å². The Morgan fingerprint density at radius 2 is 1.95 bits per heavy atom. The zero-order valence-electron chi connectivity index (χ0n) is 12.4. The number of hydrogen-bond acceptors (Lipinski definition) is 4. The van der Waals surface area contributed by atoms with Crippen LogP contribution in [0.1, 0.15) is 32.1 Å². The van der Waals surface area contributed by atoms with Gasteiger partial charge in [-0.2, -0.15) is 0 Å². The molecule has 120 valence electrons. The SMILES string of the molecule is NC(=O)C(=O)C(CC1CC1)NC(=O)[C@@H]1[C@H]2CC[C@H]2CN1C=O. The van der Waals surface area contributed by atoms with E-state index in [-0.39, 0.29) is 11.8 Å². The molecular formula is C15H21N3O4. The second kappa shape index (κ2) is 5.70. The summed E-state index contributed by atoms with van der Waals surface area (Å²) in [6.07, 6.45) is 5.12. The molecule has 7 heteroatoms. The molecule has 0 bridgehead atoms. The summed E-state index contributed by atoms with van der Waals surface area (Å²) in [5, 5.41) is 2.67. The number of carbonyl (C=O) groups excluding carboxylic acids is 4. The second-order valence-electron chi connectivity index (χ2n) is 6.72. The van der Waals surface area contributed by atoms with Crippen molar-refractivity contribution in [2.75, 3.05) is 6.54 Å². The fourth-order valence-electron chi connectivity index (χ4n) is 3.67. The number of nitrogens with zero attached hydrogens (tertiary/aromatic N) is 1. The first-order valence-corrected chi connectivity index (χ1v) is 7.86. The second-order valence-corrected chi connectivity index (χ2v) is 6.72. The molecule has 1 heterocycles. The van der Waals surface area contributed by atoms with E-state index in [0.717, 1.165) is 25.7 Å². The molecule has 2 saturated carbocycles. The average molecular weight is 307 g/mol. The van der Waals surface area contributed by atoms with Crippen molar-refractivity contribution in [1.29, 1.82) is 0 Å². The number of nitrogens with two attached hydrogens (primary N) is 1. The van der Waals surface area contributed by atoms with E-state index in [1.807, 2.05) is 0 Å². The highest BCUT2D eigenvalue weighted by molar-refractivity contribution is 6.37. The number of amides is 3. The van der Waals surface area contributed by atoms with E-state index in [4.69, 9.17) is 5.73 Å². The molecule has 4 atom stereocenters. The van der Waals surface area contributed by atoms with Gasteiger partial charge in [0.2, 0.25) is 18.1 Å². The zero-order valence-corrected chi connectivity index (χ0v) is 12.4. The van der Waals surface area contributed by atoms with Crippen LogP contribution in [0.15, 0.2) is 0 Å². The van der Waals surface area contributed by atoms with E-state index in [1.54, 1.807) is 0 Å². The van der Waals surface area contributed by atoms with Crippen molar-refractivity contribution in [1.82, 2.24) is 10.2 Å². The van der Waals surface area contributed by atoms with Crippen LogP contribution in [0, 0.1) is 17.8 Å². The number of primary amides is 1. The number of rotatable bonds is 7. The van der Waals surface area contributed by atoms with Gasteiger partial charge in [0.1, 0.15) is 6.04 Å². The summed E-state index contributed by atoms with van der Waals surface area (Å²) in [4.78, 5) is 48.2. The largest absolute Gasteiger partial charge is 0.363 e. The molecule has 0 aromatic carbocycles. The lowest BCUT2D eigenvalue weighted by atomic mass is 9.73. The van der Waals surface area contributed by atoms with Crippen molar-refractivity contribution in [3.63, 3.8) is 0 Å². The lowest BCUT2D eigenvalue weighted by Crippen LogP contribution is -2.53. The number of Topliss-reactive ketones (excluding diaryl/α,β-unsaturated/α-hetero) is 1. The quantitative estimate of drug-likeness (QED) is 0.473.